The quantitative estimate of drug-likeness (QED) is 0.645. The Morgan fingerprint density at radius 3 is 1.90 bits per heavy atom. The van der Waals surface area contributed by atoms with Gasteiger partial charge in [-0.2, -0.15) is 0 Å². The summed E-state index contributed by atoms with van der Waals surface area (Å²) in [6.45, 7) is 4.40. The Balaban J connectivity index is 1.43. The van der Waals surface area contributed by atoms with Crippen LogP contribution in [0.15, 0.2) is 84.9 Å². The highest BCUT2D eigenvalue weighted by Gasteiger charge is 2.27. The summed E-state index contributed by atoms with van der Waals surface area (Å²) in [5.41, 5.74) is 3.48. The van der Waals surface area contributed by atoms with Crippen molar-refractivity contribution in [2.45, 2.75) is 12.0 Å². The number of hydrogen-bond acceptors (Lipinski definition) is 3. The molecule has 1 aliphatic heterocycles. The molecule has 150 valence electrons. The molecule has 0 aromatic heterocycles. The number of anilines is 1. The summed E-state index contributed by atoms with van der Waals surface area (Å²) in [4.78, 5) is 4.73. The number of rotatable bonds is 6. The van der Waals surface area contributed by atoms with Gasteiger partial charge in [0.1, 0.15) is 0 Å². The molecule has 3 aromatic carbocycles. The average molecular weight is 407 g/mol. The Labute approximate surface area is 178 Å². The van der Waals surface area contributed by atoms with E-state index in [1.54, 1.807) is 0 Å². The molecule has 1 N–H and O–H groups in total. The second kappa shape index (κ2) is 9.45. The molecule has 1 fully saturated rings. The summed E-state index contributed by atoms with van der Waals surface area (Å²) in [5.74, 6) is -0.0247. The Morgan fingerprint density at radius 1 is 0.759 bits per heavy atom. The van der Waals surface area contributed by atoms with Crippen molar-refractivity contribution < 1.29 is 5.11 Å². The van der Waals surface area contributed by atoms with Gasteiger partial charge in [-0.1, -0.05) is 78.3 Å². The van der Waals surface area contributed by atoms with Crippen LogP contribution in [-0.4, -0.2) is 48.8 Å². The Hall–Kier alpha value is -2.33. The van der Waals surface area contributed by atoms with Gasteiger partial charge in [0, 0.05) is 49.4 Å². The van der Waals surface area contributed by atoms with Crippen molar-refractivity contribution in [1.82, 2.24) is 4.90 Å². The van der Waals surface area contributed by atoms with E-state index in [1.165, 1.54) is 5.69 Å². The van der Waals surface area contributed by atoms with Crippen molar-refractivity contribution in [3.63, 3.8) is 0 Å². The lowest BCUT2D eigenvalue weighted by atomic mass is 9.86. The largest absolute Gasteiger partial charge is 0.391 e. The van der Waals surface area contributed by atoms with Gasteiger partial charge in [0.25, 0.3) is 0 Å². The minimum Gasteiger partial charge on any atom is -0.391 e. The lowest BCUT2D eigenvalue weighted by Crippen LogP contribution is -2.49. The predicted octanol–water partition coefficient (Wildman–Crippen LogP) is 4.66. The molecule has 3 aromatic rings. The van der Waals surface area contributed by atoms with Crippen LogP contribution in [0, 0.1) is 0 Å². The fraction of sp³-hybridized carbons (Fsp3) is 0.280. The summed E-state index contributed by atoms with van der Waals surface area (Å²) in [6.07, 6.45) is -0.461. The lowest BCUT2D eigenvalue weighted by molar-refractivity contribution is 0.0962. The number of hydrogen-bond donors (Lipinski definition) is 1. The lowest BCUT2D eigenvalue weighted by Gasteiger charge is -2.38. The third-order valence-corrected chi connectivity index (χ3v) is 5.93. The van der Waals surface area contributed by atoms with Crippen LogP contribution in [0.5, 0.6) is 0 Å². The second-order valence-electron chi connectivity index (χ2n) is 7.63. The third-order valence-electron chi connectivity index (χ3n) is 5.69. The molecule has 0 spiro atoms. The molecule has 29 heavy (non-hydrogen) atoms. The normalized spacial score (nSPS) is 16.2. The number of aliphatic hydroxyl groups excluding tert-OH is 1. The topological polar surface area (TPSA) is 26.7 Å². The smallest absolute Gasteiger partial charge is 0.0776 e. The summed E-state index contributed by atoms with van der Waals surface area (Å²) in [7, 11) is 0. The standard InChI is InChI=1S/C25H27ClN2O/c26-22-12-7-13-23(18-22)28-16-14-27(15-17-28)19-24(29)25(20-8-3-1-4-9-20)21-10-5-2-6-11-21/h1-13,18,24-25,29H,14-17,19H2/t24-/m0/s1. The molecule has 0 amide bonds. The van der Waals surface area contributed by atoms with Gasteiger partial charge < -0.3 is 10.0 Å². The minimum absolute atomic E-state index is 0.0247. The molecule has 0 radical (unpaired) electrons. The van der Waals surface area contributed by atoms with Gasteiger partial charge in [-0.15, -0.1) is 0 Å². The van der Waals surface area contributed by atoms with Crippen LogP contribution in [0.25, 0.3) is 0 Å². The number of β-amino-alcohol motifs (C(OH)–C–C–N with tert-alkyl or cyclic N) is 1. The van der Waals surface area contributed by atoms with Crippen LogP contribution in [-0.2, 0) is 0 Å². The Morgan fingerprint density at radius 2 is 1.34 bits per heavy atom. The Kier molecular flexibility index (Phi) is 6.50. The summed E-state index contributed by atoms with van der Waals surface area (Å²) in [5, 5.41) is 12.0. The summed E-state index contributed by atoms with van der Waals surface area (Å²) >= 11 is 6.14. The average Bonchev–Trinajstić information content (AvgIpc) is 2.76. The fourth-order valence-electron chi connectivity index (χ4n) is 4.19. The van der Waals surface area contributed by atoms with Crippen molar-refractivity contribution in [2.75, 3.05) is 37.6 Å². The number of nitrogens with zero attached hydrogens (tertiary/aromatic N) is 2. The van der Waals surface area contributed by atoms with E-state index < -0.39 is 6.10 Å². The zero-order chi connectivity index (χ0) is 20.1. The fourth-order valence-corrected chi connectivity index (χ4v) is 4.37. The third kappa shape index (κ3) is 4.99. The van der Waals surface area contributed by atoms with Crippen LogP contribution in [0.2, 0.25) is 5.02 Å². The highest BCUT2D eigenvalue weighted by atomic mass is 35.5. The summed E-state index contributed by atoms with van der Waals surface area (Å²) < 4.78 is 0. The second-order valence-corrected chi connectivity index (χ2v) is 8.07. The van der Waals surface area contributed by atoms with Crippen molar-refractivity contribution in [3.8, 4) is 0 Å². The number of halogens is 1. The highest BCUT2D eigenvalue weighted by Crippen LogP contribution is 2.29. The first-order valence-electron chi connectivity index (χ1n) is 10.2. The molecule has 0 bridgehead atoms. The Bertz CT molecular complexity index is 855. The van der Waals surface area contributed by atoms with E-state index in [0.29, 0.717) is 6.54 Å². The maximum atomic E-state index is 11.2. The highest BCUT2D eigenvalue weighted by molar-refractivity contribution is 6.30. The first-order chi connectivity index (χ1) is 14.2. The monoisotopic (exact) mass is 406 g/mol. The molecular weight excluding hydrogens is 380 g/mol. The van der Waals surface area contributed by atoms with E-state index in [9.17, 15) is 5.11 Å². The zero-order valence-corrected chi connectivity index (χ0v) is 17.2. The van der Waals surface area contributed by atoms with Gasteiger partial charge in [-0.05, 0) is 29.3 Å². The SMILES string of the molecule is O[C@@H](CN1CCN(c2cccc(Cl)c2)CC1)C(c1ccccc1)c1ccccc1. The number of piperazine rings is 1. The zero-order valence-electron chi connectivity index (χ0n) is 16.5. The van der Waals surface area contributed by atoms with Crippen LogP contribution in [0.1, 0.15) is 17.0 Å². The van der Waals surface area contributed by atoms with E-state index in [1.807, 2.05) is 54.6 Å². The molecular formula is C25H27ClN2O. The van der Waals surface area contributed by atoms with Crippen LogP contribution < -0.4 is 4.90 Å². The van der Waals surface area contributed by atoms with E-state index in [0.717, 1.165) is 42.3 Å². The van der Waals surface area contributed by atoms with Gasteiger partial charge in [-0.3, -0.25) is 4.90 Å². The molecule has 0 saturated carbocycles. The van der Waals surface area contributed by atoms with Gasteiger partial charge in [0.2, 0.25) is 0 Å². The first kappa shape index (κ1) is 20.0. The van der Waals surface area contributed by atoms with E-state index in [4.69, 9.17) is 11.6 Å². The van der Waals surface area contributed by atoms with Crippen LogP contribution >= 0.6 is 11.6 Å². The van der Waals surface area contributed by atoms with E-state index in [2.05, 4.69) is 40.1 Å². The van der Waals surface area contributed by atoms with E-state index >= 15 is 0 Å². The van der Waals surface area contributed by atoms with Crippen molar-refractivity contribution in [1.29, 1.82) is 0 Å². The first-order valence-corrected chi connectivity index (χ1v) is 10.6. The number of benzene rings is 3. The maximum Gasteiger partial charge on any atom is 0.0776 e. The molecule has 3 nitrogen and oxygen atoms in total. The molecule has 1 saturated heterocycles. The van der Waals surface area contributed by atoms with Gasteiger partial charge in [-0.25, -0.2) is 0 Å². The van der Waals surface area contributed by atoms with Gasteiger partial charge >= 0.3 is 0 Å². The number of aliphatic hydroxyl groups is 1. The van der Waals surface area contributed by atoms with Crippen molar-refractivity contribution in [3.05, 3.63) is 101 Å². The molecule has 0 unspecified atom stereocenters. The molecule has 1 heterocycles. The van der Waals surface area contributed by atoms with Crippen molar-refractivity contribution in [2.24, 2.45) is 0 Å². The molecule has 0 aliphatic carbocycles. The molecule has 1 aliphatic rings. The maximum absolute atomic E-state index is 11.2. The molecule has 4 rings (SSSR count). The van der Waals surface area contributed by atoms with Crippen LogP contribution in [0.3, 0.4) is 0 Å². The van der Waals surface area contributed by atoms with Crippen molar-refractivity contribution >= 4 is 17.3 Å². The van der Waals surface area contributed by atoms with E-state index in [-0.39, 0.29) is 5.92 Å². The van der Waals surface area contributed by atoms with Crippen LogP contribution in [0.4, 0.5) is 5.69 Å². The summed E-state index contributed by atoms with van der Waals surface area (Å²) in [6, 6.07) is 28.7. The van der Waals surface area contributed by atoms with Gasteiger partial charge in [0.05, 0.1) is 6.10 Å². The molecule has 4 heteroatoms. The predicted molar refractivity (Wildman–Crippen MR) is 121 cm³/mol. The van der Waals surface area contributed by atoms with Gasteiger partial charge in [0.15, 0.2) is 0 Å². The minimum atomic E-state index is -0.461. The molecule has 1 atom stereocenters.